The summed E-state index contributed by atoms with van der Waals surface area (Å²) in [5.41, 5.74) is 3.95. The maximum absolute atomic E-state index is 11.7. The van der Waals surface area contributed by atoms with Gasteiger partial charge < -0.3 is 14.6 Å². The van der Waals surface area contributed by atoms with E-state index in [0.717, 1.165) is 28.0 Å². The number of hydrogen-bond donors (Lipinski definition) is 1. The number of rotatable bonds is 1. The van der Waals surface area contributed by atoms with Crippen molar-refractivity contribution >= 4 is 5.97 Å². The zero-order valence-corrected chi connectivity index (χ0v) is 11.3. The molecule has 0 aromatic heterocycles. The fourth-order valence-corrected chi connectivity index (χ4v) is 2.41. The van der Waals surface area contributed by atoms with Crippen LogP contribution in [0.1, 0.15) is 21.5 Å². The van der Waals surface area contributed by atoms with Gasteiger partial charge in [0.25, 0.3) is 0 Å². The van der Waals surface area contributed by atoms with Crippen molar-refractivity contribution in [3.63, 3.8) is 0 Å². The van der Waals surface area contributed by atoms with Crippen molar-refractivity contribution in [3.8, 4) is 22.6 Å². The van der Waals surface area contributed by atoms with Gasteiger partial charge in [-0.25, -0.2) is 4.79 Å². The summed E-state index contributed by atoms with van der Waals surface area (Å²) in [6.45, 7) is 2.37. The summed E-state index contributed by atoms with van der Waals surface area (Å²) in [4.78, 5) is 11.7. The SMILES string of the molecule is COC(=O)c1cc2c(cc1O)COc1ccc(C)cc1-2. The third kappa shape index (κ3) is 1.90. The fourth-order valence-electron chi connectivity index (χ4n) is 2.41. The Morgan fingerprint density at radius 2 is 2.05 bits per heavy atom. The van der Waals surface area contributed by atoms with E-state index in [9.17, 15) is 9.90 Å². The minimum Gasteiger partial charge on any atom is -0.507 e. The van der Waals surface area contributed by atoms with Gasteiger partial charge in [0.1, 0.15) is 23.7 Å². The highest BCUT2D eigenvalue weighted by molar-refractivity contribution is 5.95. The van der Waals surface area contributed by atoms with E-state index in [1.165, 1.54) is 7.11 Å². The molecular weight excluding hydrogens is 256 g/mol. The summed E-state index contributed by atoms with van der Waals surface area (Å²) in [6, 6.07) is 9.12. The fraction of sp³-hybridized carbons (Fsp3) is 0.188. The summed E-state index contributed by atoms with van der Waals surface area (Å²) in [7, 11) is 1.29. The number of ether oxygens (including phenoxy) is 2. The molecule has 0 spiro atoms. The van der Waals surface area contributed by atoms with Gasteiger partial charge in [-0.2, -0.15) is 0 Å². The Morgan fingerprint density at radius 3 is 2.80 bits per heavy atom. The van der Waals surface area contributed by atoms with Crippen molar-refractivity contribution in [1.82, 2.24) is 0 Å². The molecule has 1 N–H and O–H groups in total. The Hall–Kier alpha value is -2.49. The molecule has 4 heteroatoms. The largest absolute Gasteiger partial charge is 0.507 e. The van der Waals surface area contributed by atoms with Crippen molar-refractivity contribution in [1.29, 1.82) is 0 Å². The number of phenols is 1. The molecule has 4 nitrogen and oxygen atoms in total. The van der Waals surface area contributed by atoms with Crippen LogP contribution in [-0.4, -0.2) is 18.2 Å². The van der Waals surface area contributed by atoms with Gasteiger partial charge in [-0.05, 0) is 36.8 Å². The van der Waals surface area contributed by atoms with E-state index in [2.05, 4.69) is 4.74 Å². The van der Waals surface area contributed by atoms with Crippen LogP contribution in [0.3, 0.4) is 0 Å². The molecule has 1 aliphatic heterocycles. The molecule has 0 fully saturated rings. The number of carbonyl (C=O) groups is 1. The predicted molar refractivity (Wildman–Crippen MR) is 74.0 cm³/mol. The summed E-state index contributed by atoms with van der Waals surface area (Å²) in [5.74, 6) is 0.144. The average molecular weight is 270 g/mol. The molecule has 0 saturated heterocycles. The number of benzene rings is 2. The second kappa shape index (κ2) is 4.56. The van der Waals surface area contributed by atoms with Gasteiger partial charge >= 0.3 is 5.97 Å². The minimum absolute atomic E-state index is 0.0877. The van der Waals surface area contributed by atoms with Crippen LogP contribution >= 0.6 is 0 Å². The van der Waals surface area contributed by atoms with Crippen molar-refractivity contribution in [2.24, 2.45) is 0 Å². The number of aryl methyl sites for hydroxylation is 1. The van der Waals surface area contributed by atoms with Crippen LogP contribution in [0.5, 0.6) is 11.5 Å². The molecule has 0 aliphatic carbocycles. The van der Waals surface area contributed by atoms with Gasteiger partial charge in [0.15, 0.2) is 0 Å². The van der Waals surface area contributed by atoms with Gasteiger partial charge in [-0.3, -0.25) is 0 Å². The Bertz CT molecular complexity index is 704. The maximum Gasteiger partial charge on any atom is 0.341 e. The van der Waals surface area contributed by atoms with E-state index in [1.54, 1.807) is 12.1 Å². The van der Waals surface area contributed by atoms with E-state index in [4.69, 9.17) is 4.74 Å². The number of esters is 1. The van der Waals surface area contributed by atoms with Crippen molar-refractivity contribution < 1.29 is 19.4 Å². The molecule has 2 aromatic carbocycles. The quantitative estimate of drug-likeness (QED) is 0.809. The van der Waals surface area contributed by atoms with Gasteiger partial charge in [-0.1, -0.05) is 11.6 Å². The molecule has 20 heavy (non-hydrogen) atoms. The molecular formula is C16H14O4. The highest BCUT2D eigenvalue weighted by Crippen LogP contribution is 2.40. The molecule has 1 aliphatic rings. The van der Waals surface area contributed by atoms with Crippen LogP contribution in [0.15, 0.2) is 30.3 Å². The summed E-state index contributed by atoms with van der Waals surface area (Å²) in [5, 5.41) is 9.91. The number of methoxy groups -OCH3 is 1. The molecule has 1 heterocycles. The molecule has 0 unspecified atom stereocenters. The lowest BCUT2D eigenvalue weighted by Crippen LogP contribution is -2.09. The lowest BCUT2D eigenvalue weighted by molar-refractivity contribution is 0.0597. The first-order chi connectivity index (χ1) is 9.60. The van der Waals surface area contributed by atoms with E-state index in [1.807, 2.05) is 25.1 Å². The van der Waals surface area contributed by atoms with E-state index >= 15 is 0 Å². The maximum atomic E-state index is 11.7. The lowest BCUT2D eigenvalue weighted by Gasteiger charge is -2.22. The first-order valence-corrected chi connectivity index (χ1v) is 6.28. The standard InChI is InChI=1S/C16H14O4/c1-9-3-4-15-12(5-9)11-7-13(16(18)19-2)14(17)6-10(11)8-20-15/h3-7,17H,8H2,1-2H3. The van der Waals surface area contributed by atoms with Crippen LogP contribution in [0.4, 0.5) is 0 Å². The number of fused-ring (bicyclic) bond motifs is 3. The van der Waals surface area contributed by atoms with Gasteiger partial charge in [0, 0.05) is 11.1 Å². The predicted octanol–water partition coefficient (Wildman–Crippen LogP) is 3.05. The third-order valence-electron chi connectivity index (χ3n) is 3.44. The number of hydrogen-bond acceptors (Lipinski definition) is 4. The van der Waals surface area contributed by atoms with Crippen LogP contribution in [0.2, 0.25) is 0 Å². The van der Waals surface area contributed by atoms with Crippen LogP contribution in [0.25, 0.3) is 11.1 Å². The number of carbonyl (C=O) groups excluding carboxylic acids is 1. The highest BCUT2D eigenvalue weighted by Gasteiger charge is 2.22. The Balaban J connectivity index is 2.23. The van der Waals surface area contributed by atoms with Crippen LogP contribution in [0, 0.1) is 6.92 Å². The highest BCUT2D eigenvalue weighted by atomic mass is 16.5. The Morgan fingerprint density at radius 1 is 1.25 bits per heavy atom. The molecule has 0 amide bonds. The van der Waals surface area contributed by atoms with E-state index < -0.39 is 5.97 Å². The molecule has 0 bridgehead atoms. The van der Waals surface area contributed by atoms with Crippen LogP contribution < -0.4 is 4.74 Å². The van der Waals surface area contributed by atoms with Crippen molar-refractivity contribution in [2.45, 2.75) is 13.5 Å². The molecule has 0 atom stereocenters. The van der Waals surface area contributed by atoms with Crippen LogP contribution in [-0.2, 0) is 11.3 Å². The summed E-state index contributed by atoms with van der Waals surface area (Å²) < 4.78 is 10.3. The summed E-state index contributed by atoms with van der Waals surface area (Å²) >= 11 is 0. The minimum atomic E-state index is -0.550. The van der Waals surface area contributed by atoms with Gasteiger partial charge in [-0.15, -0.1) is 0 Å². The first kappa shape index (κ1) is 12.5. The van der Waals surface area contributed by atoms with Gasteiger partial charge in [0.05, 0.1) is 7.11 Å². The second-order valence-electron chi connectivity index (χ2n) is 4.81. The monoisotopic (exact) mass is 270 g/mol. The topological polar surface area (TPSA) is 55.8 Å². The van der Waals surface area contributed by atoms with Crippen molar-refractivity contribution in [2.75, 3.05) is 7.11 Å². The second-order valence-corrected chi connectivity index (χ2v) is 4.81. The third-order valence-corrected chi connectivity index (χ3v) is 3.44. The zero-order chi connectivity index (χ0) is 14.3. The summed E-state index contributed by atoms with van der Waals surface area (Å²) in [6.07, 6.45) is 0. The number of phenolic OH excluding ortho intramolecular Hbond substituents is 1. The van der Waals surface area contributed by atoms with E-state index in [0.29, 0.717) is 6.61 Å². The lowest BCUT2D eigenvalue weighted by atomic mass is 9.93. The smallest absolute Gasteiger partial charge is 0.341 e. The Kier molecular flexibility index (Phi) is 2.86. The molecule has 2 aromatic rings. The number of aromatic hydroxyl groups is 1. The van der Waals surface area contributed by atoms with E-state index in [-0.39, 0.29) is 11.3 Å². The normalized spacial score (nSPS) is 12.1. The first-order valence-electron chi connectivity index (χ1n) is 6.28. The molecule has 102 valence electrons. The molecule has 0 radical (unpaired) electrons. The molecule has 3 rings (SSSR count). The Labute approximate surface area is 116 Å². The average Bonchev–Trinajstić information content (AvgIpc) is 2.45. The van der Waals surface area contributed by atoms with Gasteiger partial charge in [0.2, 0.25) is 0 Å². The molecule has 0 saturated carbocycles. The zero-order valence-electron chi connectivity index (χ0n) is 11.3. The van der Waals surface area contributed by atoms with Crippen molar-refractivity contribution in [3.05, 3.63) is 47.0 Å².